The van der Waals surface area contributed by atoms with Crippen molar-refractivity contribution < 1.29 is 33.4 Å². The van der Waals surface area contributed by atoms with E-state index in [-0.39, 0.29) is 36.8 Å². The van der Waals surface area contributed by atoms with E-state index in [1.165, 1.54) is 12.1 Å². The molecular formula is C38H46N4O7. The van der Waals surface area contributed by atoms with Crippen LogP contribution in [0, 0.1) is 5.92 Å². The van der Waals surface area contributed by atoms with Gasteiger partial charge in [-0.05, 0) is 48.4 Å². The average Bonchev–Trinajstić information content (AvgIpc) is 3.10. The molecule has 11 nitrogen and oxygen atoms in total. The first kappa shape index (κ1) is 37.0. The molecule has 4 rings (SSSR count). The smallest absolute Gasteiger partial charge is 0.345 e. The second kappa shape index (κ2) is 19.2. The Labute approximate surface area is 287 Å². The molecule has 11 heteroatoms. The van der Waals surface area contributed by atoms with E-state index in [0.717, 1.165) is 11.1 Å². The van der Waals surface area contributed by atoms with Gasteiger partial charge in [-0.1, -0.05) is 92.7 Å². The molecule has 0 saturated carbocycles. The average molecular weight is 671 g/mol. The van der Waals surface area contributed by atoms with Crippen molar-refractivity contribution in [1.82, 2.24) is 20.9 Å². The highest BCUT2D eigenvalue weighted by molar-refractivity contribution is 5.99. The van der Waals surface area contributed by atoms with E-state index < -0.39 is 41.9 Å². The van der Waals surface area contributed by atoms with Crippen molar-refractivity contribution in [2.75, 3.05) is 32.8 Å². The number of benzene rings is 3. The van der Waals surface area contributed by atoms with Crippen LogP contribution < -0.4 is 16.0 Å². The van der Waals surface area contributed by atoms with Gasteiger partial charge in [0.2, 0.25) is 17.7 Å². The summed E-state index contributed by atoms with van der Waals surface area (Å²) in [5.41, 5.74) is 1.94. The Kier molecular flexibility index (Phi) is 14.5. The van der Waals surface area contributed by atoms with E-state index in [2.05, 4.69) is 16.0 Å². The molecule has 260 valence electrons. The number of amides is 3. The molecule has 1 aliphatic heterocycles. The molecule has 3 N–H and O–H groups in total. The van der Waals surface area contributed by atoms with Crippen LogP contribution in [-0.4, -0.2) is 85.5 Å². The first-order valence-electron chi connectivity index (χ1n) is 16.8. The number of esters is 2. The molecular weight excluding hydrogens is 624 g/mol. The number of ether oxygens (including phenoxy) is 2. The molecule has 1 fully saturated rings. The standard InChI is InChI=1S/C38H46N4O7/c1-27(2)24-32(36(45)41-33(25-29-14-8-4-9-15-29)38(47)49-37(46)30-16-10-5-11-17-30)40-35(44)31(19-18-28-12-6-3-7-13-28)39-34(43)26-42-20-22-48-23-21-42/h3-17,27,31-33H,18-26H2,1-2H3,(H,39,43)(H,40,44)(H,41,45). The van der Waals surface area contributed by atoms with Crippen molar-refractivity contribution >= 4 is 29.7 Å². The third-order valence-electron chi connectivity index (χ3n) is 8.11. The first-order chi connectivity index (χ1) is 23.7. The third-order valence-corrected chi connectivity index (χ3v) is 8.11. The quantitative estimate of drug-likeness (QED) is 0.156. The zero-order valence-electron chi connectivity index (χ0n) is 28.1. The van der Waals surface area contributed by atoms with Gasteiger partial charge in [0.15, 0.2) is 0 Å². The van der Waals surface area contributed by atoms with Crippen molar-refractivity contribution in [3.8, 4) is 0 Å². The van der Waals surface area contributed by atoms with Crippen LogP contribution in [0.3, 0.4) is 0 Å². The van der Waals surface area contributed by atoms with Crippen LogP contribution in [0.2, 0.25) is 0 Å². The van der Waals surface area contributed by atoms with Gasteiger partial charge >= 0.3 is 11.9 Å². The summed E-state index contributed by atoms with van der Waals surface area (Å²) in [6.07, 6.45) is 1.16. The molecule has 0 aromatic heterocycles. The minimum atomic E-state index is -1.21. The van der Waals surface area contributed by atoms with Gasteiger partial charge in [0, 0.05) is 19.5 Å². The van der Waals surface area contributed by atoms with Crippen LogP contribution >= 0.6 is 0 Å². The minimum absolute atomic E-state index is 0.00564. The predicted octanol–water partition coefficient (Wildman–Crippen LogP) is 3.08. The number of nitrogens with one attached hydrogen (secondary N) is 3. The SMILES string of the molecule is CC(C)CC(NC(=O)C(CCc1ccccc1)NC(=O)CN1CCOCC1)C(=O)NC(Cc1ccccc1)C(=O)OC(=O)c1ccccc1. The van der Waals surface area contributed by atoms with E-state index in [1.807, 2.05) is 55.1 Å². The number of rotatable bonds is 16. The Balaban J connectivity index is 1.49. The summed E-state index contributed by atoms with van der Waals surface area (Å²) in [7, 11) is 0. The highest BCUT2D eigenvalue weighted by Crippen LogP contribution is 2.12. The molecule has 1 saturated heterocycles. The Morgan fingerprint density at radius 2 is 1.27 bits per heavy atom. The van der Waals surface area contributed by atoms with Crippen LogP contribution in [0.25, 0.3) is 0 Å². The largest absolute Gasteiger partial charge is 0.388 e. The monoisotopic (exact) mass is 670 g/mol. The molecule has 3 aromatic rings. The number of aryl methyl sites for hydroxylation is 1. The van der Waals surface area contributed by atoms with Crippen LogP contribution in [-0.2, 0) is 41.5 Å². The fourth-order valence-electron chi connectivity index (χ4n) is 5.51. The number of carbonyl (C=O) groups is 5. The normalized spacial score (nSPS) is 15.0. The maximum absolute atomic E-state index is 13.8. The van der Waals surface area contributed by atoms with Crippen LogP contribution in [0.15, 0.2) is 91.0 Å². The Morgan fingerprint density at radius 3 is 1.88 bits per heavy atom. The van der Waals surface area contributed by atoms with Crippen molar-refractivity contribution in [1.29, 1.82) is 0 Å². The highest BCUT2D eigenvalue weighted by Gasteiger charge is 2.32. The van der Waals surface area contributed by atoms with E-state index >= 15 is 0 Å². The van der Waals surface area contributed by atoms with Crippen LogP contribution in [0.5, 0.6) is 0 Å². The van der Waals surface area contributed by atoms with E-state index in [0.29, 0.717) is 39.1 Å². The lowest BCUT2D eigenvalue weighted by atomic mass is 10.00. The van der Waals surface area contributed by atoms with Gasteiger partial charge < -0.3 is 25.4 Å². The summed E-state index contributed by atoms with van der Waals surface area (Å²) >= 11 is 0. The zero-order valence-corrected chi connectivity index (χ0v) is 28.1. The summed E-state index contributed by atoms with van der Waals surface area (Å²) in [6, 6.07) is 23.6. The molecule has 0 radical (unpaired) electrons. The summed E-state index contributed by atoms with van der Waals surface area (Å²) in [5.74, 6) is -3.17. The van der Waals surface area contributed by atoms with Crippen LogP contribution in [0.4, 0.5) is 0 Å². The van der Waals surface area contributed by atoms with Crippen molar-refractivity contribution in [3.63, 3.8) is 0 Å². The number of nitrogens with zero attached hydrogens (tertiary/aromatic N) is 1. The first-order valence-corrected chi connectivity index (χ1v) is 16.8. The Morgan fingerprint density at radius 1 is 0.714 bits per heavy atom. The molecule has 49 heavy (non-hydrogen) atoms. The number of carbonyl (C=O) groups excluding carboxylic acids is 5. The second-order valence-electron chi connectivity index (χ2n) is 12.5. The predicted molar refractivity (Wildman–Crippen MR) is 184 cm³/mol. The number of morpholine rings is 1. The Hall–Kier alpha value is -4.87. The van der Waals surface area contributed by atoms with Gasteiger partial charge in [-0.2, -0.15) is 0 Å². The number of hydrogen-bond donors (Lipinski definition) is 3. The van der Waals surface area contributed by atoms with Crippen LogP contribution in [0.1, 0.15) is 48.2 Å². The second-order valence-corrected chi connectivity index (χ2v) is 12.5. The molecule has 3 aromatic carbocycles. The van der Waals surface area contributed by atoms with Crippen molar-refractivity contribution in [2.24, 2.45) is 5.92 Å². The van der Waals surface area contributed by atoms with Crippen molar-refractivity contribution in [2.45, 2.75) is 57.7 Å². The molecule has 3 unspecified atom stereocenters. The molecule has 3 amide bonds. The fourth-order valence-corrected chi connectivity index (χ4v) is 5.51. The van der Waals surface area contributed by atoms with Gasteiger partial charge in [0.1, 0.15) is 18.1 Å². The van der Waals surface area contributed by atoms with E-state index in [4.69, 9.17) is 9.47 Å². The maximum Gasteiger partial charge on any atom is 0.345 e. The van der Waals surface area contributed by atoms with Gasteiger partial charge in [-0.15, -0.1) is 0 Å². The third kappa shape index (κ3) is 12.6. The molecule has 1 heterocycles. The summed E-state index contributed by atoms with van der Waals surface area (Å²) in [6.45, 7) is 6.27. The van der Waals surface area contributed by atoms with E-state index in [9.17, 15) is 24.0 Å². The molecule has 3 atom stereocenters. The summed E-state index contributed by atoms with van der Waals surface area (Å²) in [5, 5.41) is 8.47. The Bertz CT molecular complexity index is 1510. The minimum Gasteiger partial charge on any atom is -0.388 e. The van der Waals surface area contributed by atoms with Gasteiger partial charge in [-0.25, -0.2) is 9.59 Å². The lowest BCUT2D eigenvalue weighted by Gasteiger charge is -2.28. The summed E-state index contributed by atoms with van der Waals surface area (Å²) in [4.78, 5) is 68.8. The molecule has 1 aliphatic rings. The van der Waals surface area contributed by atoms with Gasteiger partial charge in [0.05, 0.1) is 25.3 Å². The topological polar surface area (TPSA) is 143 Å². The molecule has 0 bridgehead atoms. The van der Waals surface area contributed by atoms with Crippen molar-refractivity contribution in [3.05, 3.63) is 108 Å². The molecule has 0 spiro atoms. The maximum atomic E-state index is 13.8. The lowest BCUT2D eigenvalue weighted by Crippen LogP contribution is -2.57. The van der Waals surface area contributed by atoms with Gasteiger partial charge in [0.25, 0.3) is 0 Å². The van der Waals surface area contributed by atoms with Gasteiger partial charge in [-0.3, -0.25) is 19.3 Å². The lowest BCUT2D eigenvalue weighted by molar-refractivity contribution is -0.143. The number of hydrogen-bond acceptors (Lipinski definition) is 8. The highest BCUT2D eigenvalue weighted by atomic mass is 16.6. The van der Waals surface area contributed by atoms with E-state index in [1.54, 1.807) is 42.5 Å². The molecule has 0 aliphatic carbocycles. The zero-order chi connectivity index (χ0) is 35.0. The summed E-state index contributed by atoms with van der Waals surface area (Å²) < 4.78 is 10.6. The fraction of sp³-hybridized carbons (Fsp3) is 0.395.